The van der Waals surface area contributed by atoms with Gasteiger partial charge in [0.05, 0.1) is 22.8 Å². The number of rotatable bonds is 3. The number of nitrogens with one attached hydrogen (secondary N) is 2. The monoisotopic (exact) mass is 310 g/mol. The van der Waals surface area contributed by atoms with E-state index in [9.17, 15) is 4.79 Å². The quantitative estimate of drug-likeness (QED) is 0.867. The van der Waals surface area contributed by atoms with Gasteiger partial charge in [0.1, 0.15) is 5.75 Å². The summed E-state index contributed by atoms with van der Waals surface area (Å²) in [6.07, 6.45) is 0. The van der Waals surface area contributed by atoms with Crippen LogP contribution in [0.25, 0.3) is 0 Å². The molecule has 0 bridgehead atoms. The van der Waals surface area contributed by atoms with Gasteiger partial charge >= 0.3 is 6.03 Å². The smallest absolute Gasteiger partial charge is 0.323 e. The number of amides is 2. The van der Waals surface area contributed by atoms with Crippen molar-refractivity contribution in [1.82, 2.24) is 0 Å². The molecule has 0 aromatic heterocycles. The fourth-order valence-corrected chi connectivity index (χ4v) is 1.90. The summed E-state index contributed by atoms with van der Waals surface area (Å²) in [6, 6.07) is 11.6. The molecule has 0 fully saturated rings. The van der Waals surface area contributed by atoms with E-state index in [0.717, 1.165) is 0 Å². The number of hydrogen-bond acceptors (Lipinski definition) is 2. The maximum atomic E-state index is 11.9. The van der Waals surface area contributed by atoms with E-state index in [4.69, 9.17) is 27.9 Å². The fourth-order valence-electron chi connectivity index (χ4n) is 1.61. The molecule has 0 heterocycles. The number of anilines is 2. The van der Waals surface area contributed by atoms with E-state index in [1.165, 1.54) is 7.11 Å². The third kappa shape index (κ3) is 3.56. The Morgan fingerprint density at radius 1 is 1.05 bits per heavy atom. The Balaban J connectivity index is 2.07. The molecule has 0 saturated heterocycles. The Morgan fingerprint density at radius 2 is 1.80 bits per heavy atom. The third-order valence-corrected chi connectivity index (χ3v) is 3.27. The van der Waals surface area contributed by atoms with E-state index in [1.807, 2.05) is 6.07 Å². The lowest BCUT2D eigenvalue weighted by Gasteiger charge is -2.11. The molecule has 2 rings (SSSR count). The van der Waals surface area contributed by atoms with Gasteiger partial charge in [-0.15, -0.1) is 0 Å². The lowest BCUT2D eigenvalue weighted by molar-refractivity contribution is 0.262. The number of hydrogen-bond donors (Lipinski definition) is 2. The van der Waals surface area contributed by atoms with Gasteiger partial charge in [0, 0.05) is 5.69 Å². The maximum Gasteiger partial charge on any atom is 0.323 e. The highest BCUT2D eigenvalue weighted by Gasteiger charge is 2.07. The van der Waals surface area contributed by atoms with Crippen molar-refractivity contribution < 1.29 is 9.53 Å². The zero-order valence-corrected chi connectivity index (χ0v) is 12.1. The van der Waals surface area contributed by atoms with Crippen molar-refractivity contribution in [2.24, 2.45) is 0 Å². The largest absolute Gasteiger partial charge is 0.495 e. The second-order valence-electron chi connectivity index (χ2n) is 3.91. The van der Waals surface area contributed by atoms with Gasteiger partial charge in [-0.25, -0.2) is 4.79 Å². The molecule has 104 valence electrons. The van der Waals surface area contributed by atoms with Crippen LogP contribution in [0.3, 0.4) is 0 Å². The van der Waals surface area contributed by atoms with Crippen LogP contribution in [0.4, 0.5) is 16.2 Å². The summed E-state index contributed by atoms with van der Waals surface area (Å²) in [5.74, 6) is 0.580. The van der Waals surface area contributed by atoms with E-state index in [0.29, 0.717) is 27.2 Å². The van der Waals surface area contributed by atoms with Gasteiger partial charge in [-0.2, -0.15) is 0 Å². The van der Waals surface area contributed by atoms with Crippen molar-refractivity contribution in [3.63, 3.8) is 0 Å². The first-order valence-electron chi connectivity index (χ1n) is 5.76. The van der Waals surface area contributed by atoms with Gasteiger partial charge < -0.3 is 15.4 Å². The van der Waals surface area contributed by atoms with E-state index < -0.39 is 6.03 Å². The molecule has 0 aliphatic rings. The summed E-state index contributed by atoms with van der Waals surface area (Å²) in [4.78, 5) is 11.9. The zero-order valence-electron chi connectivity index (χ0n) is 10.6. The predicted octanol–water partition coefficient (Wildman–Crippen LogP) is 4.65. The van der Waals surface area contributed by atoms with E-state index in [1.54, 1.807) is 36.4 Å². The predicted molar refractivity (Wildman–Crippen MR) is 82.1 cm³/mol. The maximum absolute atomic E-state index is 11.9. The van der Waals surface area contributed by atoms with Gasteiger partial charge in [-0.05, 0) is 30.3 Å². The van der Waals surface area contributed by atoms with Crippen LogP contribution in [0.15, 0.2) is 42.5 Å². The average Bonchev–Trinajstić information content (AvgIpc) is 2.43. The fraction of sp³-hybridized carbons (Fsp3) is 0.0714. The standard InChI is InChI=1S/C14H12Cl2N2O2/c1-20-13-5-3-2-4-12(13)18-14(19)17-9-6-7-10(15)11(16)8-9/h2-8H,1H3,(H2,17,18,19). The highest BCUT2D eigenvalue weighted by atomic mass is 35.5. The number of para-hydroxylation sites is 2. The van der Waals surface area contributed by atoms with E-state index in [-0.39, 0.29) is 0 Å². The number of carbonyl (C=O) groups is 1. The Hall–Kier alpha value is -1.91. The van der Waals surface area contributed by atoms with Crippen molar-refractivity contribution in [2.75, 3.05) is 17.7 Å². The molecule has 0 spiro atoms. The van der Waals surface area contributed by atoms with Crippen molar-refractivity contribution in [1.29, 1.82) is 0 Å². The van der Waals surface area contributed by atoms with Crippen LogP contribution >= 0.6 is 23.2 Å². The third-order valence-electron chi connectivity index (χ3n) is 2.53. The highest BCUT2D eigenvalue weighted by Crippen LogP contribution is 2.26. The number of ether oxygens (including phenoxy) is 1. The summed E-state index contributed by atoms with van der Waals surface area (Å²) < 4.78 is 5.15. The van der Waals surface area contributed by atoms with Gasteiger partial charge in [-0.1, -0.05) is 35.3 Å². The molecule has 6 heteroatoms. The lowest BCUT2D eigenvalue weighted by Crippen LogP contribution is -2.19. The van der Waals surface area contributed by atoms with Crippen molar-refractivity contribution >= 4 is 40.6 Å². The molecular weight excluding hydrogens is 299 g/mol. The highest BCUT2D eigenvalue weighted by molar-refractivity contribution is 6.42. The molecule has 4 nitrogen and oxygen atoms in total. The minimum absolute atomic E-state index is 0.377. The van der Waals surface area contributed by atoms with Crippen LogP contribution in [-0.4, -0.2) is 13.1 Å². The molecular formula is C14H12Cl2N2O2. The summed E-state index contributed by atoms with van der Waals surface area (Å²) in [5, 5.41) is 6.16. The first-order chi connectivity index (χ1) is 9.60. The molecule has 0 unspecified atom stereocenters. The Labute approximate surface area is 126 Å². The summed E-state index contributed by atoms with van der Waals surface area (Å²) in [5.41, 5.74) is 1.12. The number of methoxy groups -OCH3 is 1. The molecule has 0 aliphatic heterocycles. The number of halogens is 2. The van der Waals surface area contributed by atoms with Crippen LogP contribution < -0.4 is 15.4 Å². The number of urea groups is 1. The molecule has 0 radical (unpaired) electrons. The van der Waals surface area contributed by atoms with Crippen LogP contribution in [-0.2, 0) is 0 Å². The molecule has 2 amide bonds. The molecule has 0 saturated carbocycles. The van der Waals surface area contributed by atoms with Crippen LogP contribution in [0.2, 0.25) is 10.0 Å². The first-order valence-corrected chi connectivity index (χ1v) is 6.52. The van der Waals surface area contributed by atoms with Crippen molar-refractivity contribution in [3.8, 4) is 5.75 Å². The normalized spacial score (nSPS) is 9.95. The van der Waals surface area contributed by atoms with Crippen LogP contribution in [0.5, 0.6) is 5.75 Å². The zero-order chi connectivity index (χ0) is 14.5. The Morgan fingerprint density at radius 3 is 2.50 bits per heavy atom. The van der Waals surface area contributed by atoms with Crippen molar-refractivity contribution in [2.45, 2.75) is 0 Å². The van der Waals surface area contributed by atoms with Gasteiger partial charge in [0.2, 0.25) is 0 Å². The Bertz CT molecular complexity index is 632. The minimum atomic E-state index is -0.395. The SMILES string of the molecule is COc1ccccc1NC(=O)Nc1ccc(Cl)c(Cl)c1. The van der Waals surface area contributed by atoms with E-state index in [2.05, 4.69) is 10.6 Å². The number of benzene rings is 2. The molecule has 0 aliphatic carbocycles. The lowest BCUT2D eigenvalue weighted by atomic mass is 10.3. The molecule has 2 aromatic rings. The molecule has 0 atom stereocenters. The second-order valence-corrected chi connectivity index (χ2v) is 4.72. The molecule has 2 N–H and O–H groups in total. The van der Waals surface area contributed by atoms with Crippen molar-refractivity contribution in [3.05, 3.63) is 52.5 Å². The second kappa shape index (κ2) is 6.50. The first kappa shape index (κ1) is 14.5. The van der Waals surface area contributed by atoms with Crippen LogP contribution in [0.1, 0.15) is 0 Å². The topological polar surface area (TPSA) is 50.4 Å². The minimum Gasteiger partial charge on any atom is -0.495 e. The average molecular weight is 311 g/mol. The van der Waals surface area contributed by atoms with Gasteiger partial charge in [0.15, 0.2) is 0 Å². The summed E-state index contributed by atoms with van der Waals surface area (Å²) in [6.45, 7) is 0. The van der Waals surface area contributed by atoms with Gasteiger partial charge in [0.25, 0.3) is 0 Å². The molecule has 20 heavy (non-hydrogen) atoms. The van der Waals surface area contributed by atoms with E-state index >= 15 is 0 Å². The van der Waals surface area contributed by atoms with Crippen LogP contribution in [0, 0.1) is 0 Å². The number of carbonyl (C=O) groups excluding carboxylic acids is 1. The molecule has 2 aromatic carbocycles. The Kier molecular flexibility index (Phi) is 4.71. The summed E-state index contributed by atoms with van der Waals surface area (Å²) >= 11 is 11.7. The van der Waals surface area contributed by atoms with Gasteiger partial charge in [-0.3, -0.25) is 0 Å². The summed E-state index contributed by atoms with van der Waals surface area (Å²) in [7, 11) is 1.54.